The fraction of sp³-hybridized carbons (Fsp3) is 0.500. The van der Waals surface area contributed by atoms with Crippen molar-refractivity contribution in [1.82, 2.24) is 5.32 Å². The smallest absolute Gasteiger partial charge is 0.314 e. The van der Waals surface area contributed by atoms with Crippen LogP contribution in [0.2, 0.25) is 10.0 Å². The molecule has 1 aliphatic rings. The Hall–Kier alpha value is -0.480. The number of carbonyl (C=O) groups is 1. The fourth-order valence-electron chi connectivity index (χ4n) is 2.53. The number of benzene rings is 1. The maximum absolute atomic E-state index is 12.1. The van der Waals surface area contributed by atoms with Gasteiger partial charge >= 0.3 is 5.97 Å². The zero-order valence-electron chi connectivity index (χ0n) is 11.2. The molecule has 6 heteroatoms. The molecule has 0 aliphatic carbocycles. The highest BCUT2D eigenvalue weighted by Crippen LogP contribution is 2.31. The molecule has 0 radical (unpaired) electrons. The van der Waals surface area contributed by atoms with Gasteiger partial charge in [0.2, 0.25) is 0 Å². The molecule has 1 fully saturated rings. The second kappa shape index (κ2) is 8.08. The van der Waals surface area contributed by atoms with Crippen LogP contribution < -0.4 is 5.32 Å². The fourth-order valence-corrected chi connectivity index (χ4v) is 2.84. The van der Waals surface area contributed by atoms with Crippen LogP contribution in [0.3, 0.4) is 0 Å². The largest absolute Gasteiger partial charge is 0.469 e. The van der Waals surface area contributed by atoms with Crippen LogP contribution in [0, 0.1) is 0 Å². The summed E-state index contributed by atoms with van der Waals surface area (Å²) >= 11 is 12.0. The number of hydrogen-bond donors (Lipinski definition) is 1. The van der Waals surface area contributed by atoms with Crippen LogP contribution >= 0.6 is 35.6 Å². The highest BCUT2D eigenvalue weighted by Gasteiger charge is 2.31. The lowest BCUT2D eigenvalue weighted by Gasteiger charge is -2.30. The van der Waals surface area contributed by atoms with Gasteiger partial charge in [0, 0.05) is 6.04 Å². The zero-order chi connectivity index (χ0) is 13.8. The highest BCUT2D eigenvalue weighted by molar-refractivity contribution is 6.42. The van der Waals surface area contributed by atoms with E-state index in [9.17, 15) is 4.79 Å². The minimum absolute atomic E-state index is 0. The summed E-state index contributed by atoms with van der Waals surface area (Å²) in [7, 11) is 1.41. The Kier molecular flexibility index (Phi) is 7.10. The number of rotatable bonds is 3. The summed E-state index contributed by atoms with van der Waals surface area (Å²) in [5.74, 6) is -0.571. The molecule has 1 saturated heterocycles. The lowest BCUT2D eigenvalue weighted by Crippen LogP contribution is -2.42. The number of nitrogens with one attached hydrogen (secondary N) is 1. The van der Waals surface area contributed by atoms with Crippen molar-refractivity contribution in [3.63, 3.8) is 0 Å². The summed E-state index contributed by atoms with van der Waals surface area (Å²) in [5.41, 5.74) is 0.848. The predicted octanol–water partition coefficient (Wildman–Crippen LogP) is 3.81. The Morgan fingerprint density at radius 2 is 2.10 bits per heavy atom. The van der Waals surface area contributed by atoms with Crippen molar-refractivity contribution in [2.45, 2.75) is 31.2 Å². The molecular weight excluding hydrogens is 321 g/mol. The van der Waals surface area contributed by atoms with Crippen LogP contribution in [0.25, 0.3) is 0 Å². The van der Waals surface area contributed by atoms with Crippen molar-refractivity contribution in [3.05, 3.63) is 33.8 Å². The molecule has 1 aromatic carbocycles. The lowest BCUT2D eigenvalue weighted by atomic mass is 9.86. The van der Waals surface area contributed by atoms with Crippen molar-refractivity contribution in [1.29, 1.82) is 0 Å². The van der Waals surface area contributed by atoms with Gasteiger partial charge in [0.05, 0.1) is 23.1 Å². The Bertz CT molecular complexity index is 462. The van der Waals surface area contributed by atoms with Gasteiger partial charge in [0.15, 0.2) is 0 Å². The summed E-state index contributed by atoms with van der Waals surface area (Å²) in [6.45, 7) is 0.930. The number of carbonyl (C=O) groups excluding carboxylic acids is 1. The number of ether oxygens (including phenoxy) is 1. The van der Waals surface area contributed by atoms with Gasteiger partial charge in [-0.15, -0.1) is 12.4 Å². The molecule has 2 atom stereocenters. The van der Waals surface area contributed by atoms with E-state index in [1.807, 2.05) is 6.07 Å². The van der Waals surface area contributed by atoms with Crippen molar-refractivity contribution in [2.75, 3.05) is 13.7 Å². The topological polar surface area (TPSA) is 38.3 Å². The third-order valence-corrected chi connectivity index (χ3v) is 4.25. The van der Waals surface area contributed by atoms with Gasteiger partial charge in [-0.25, -0.2) is 0 Å². The molecule has 0 bridgehead atoms. The maximum Gasteiger partial charge on any atom is 0.314 e. The third kappa shape index (κ3) is 4.01. The van der Waals surface area contributed by atoms with Gasteiger partial charge in [-0.1, -0.05) is 35.7 Å². The van der Waals surface area contributed by atoms with Crippen molar-refractivity contribution >= 4 is 41.6 Å². The molecule has 0 spiro atoms. The molecule has 1 aliphatic heterocycles. The van der Waals surface area contributed by atoms with Gasteiger partial charge in [-0.05, 0) is 37.1 Å². The van der Waals surface area contributed by atoms with E-state index < -0.39 is 0 Å². The summed E-state index contributed by atoms with van der Waals surface area (Å²) < 4.78 is 4.94. The molecule has 2 rings (SSSR count). The second-order valence-electron chi connectivity index (χ2n) is 4.73. The minimum atomic E-state index is -0.333. The molecule has 112 valence electrons. The molecule has 0 amide bonds. The molecule has 0 aromatic heterocycles. The van der Waals surface area contributed by atoms with Crippen molar-refractivity contribution in [3.8, 4) is 0 Å². The van der Waals surface area contributed by atoms with E-state index in [1.54, 1.807) is 12.1 Å². The van der Waals surface area contributed by atoms with E-state index in [-0.39, 0.29) is 30.3 Å². The van der Waals surface area contributed by atoms with Crippen LogP contribution in [0.4, 0.5) is 0 Å². The monoisotopic (exact) mass is 337 g/mol. The minimum Gasteiger partial charge on any atom is -0.469 e. The Labute approximate surface area is 135 Å². The molecule has 3 nitrogen and oxygen atoms in total. The summed E-state index contributed by atoms with van der Waals surface area (Å²) in [5, 5.41) is 4.34. The van der Waals surface area contributed by atoms with Gasteiger partial charge < -0.3 is 10.1 Å². The molecule has 0 unspecified atom stereocenters. The standard InChI is InChI=1S/C14H17Cl2NO2.ClH/c1-19-14(18)13(12-4-2-3-7-17-12)9-5-6-10(15)11(16)8-9;/h5-6,8,12-13,17H,2-4,7H2,1H3;1H/t12-,13-;/m0./s1. The third-order valence-electron chi connectivity index (χ3n) is 3.51. The molecule has 1 aromatic rings. The maximum atomic E-state index is 12.1. The summed E-state index contributed by atoms with van der Waals surface area (Å²) in [4.78, 5) is 12.1. The first kappa shape index (κ1) is 17.6. The number of halogens is 3. The summed E-state index contributed by atoms with van der Waals surface area (Å²) in [6.07, 6.45) is 3.22. The average molecular weight is 339 g/mol. The first-order chi connectivity index (χ1) is 9.13. The second-order valence-corrected chi connectivity index (χ2v) is 5.55. The first-order valence-corrected chi connectivity index (χ1v) is 7.15. The summed E-state index contributed by atoms with van der Waals surface area (Å²) in [6, 6.07) is 5.41. The van der Waals surface area contributed by atoms with E-state index in [4.69, 9.17) is 27.9 Å². The van der Waals surface area contributed by atoms with Gasteiger partial charge in [-0.2, -0.15) is 0 Å². The SMILES string of the molecule is COC(=O)[C@@H](c1ccc(Cl)c(Cl)c1)[C@@H]1CCCCN1.Cl. The first-order valence-electron chi connectivity index (χ1n) is 6.39. The van der Waals surface area contributed by atoms with Gasteiger partial charge in [-0.3, -0.25) is 4.79 Å². The van der Waals surface area contributed by atoms with Crippen molar-refractivity contribution < 1.29 is 9.53 Å². The van der Waals surface area contributed by atoms with Crippen molar-refractivity contribution in [2.24, 2.45) is 0 Å². The normalized spacial score (nSPS) is 19.9. The molecule has 1 N–H and O–H groups in total. The van der Waals surface area contributed by atoms with Gasteiger partial charge in [0.1, 0.15) is 0 Å². The number of piperidine rings is 1. The quantitative estimate of drug-likeness (QED) is 0.852. The highest BCUT2D eigenvalue weighted by atomic mass is 35.5. The Balaban J connectivity index is 0.00000200. The Morgan fingerprint density at radius 1 is 1.35 bits per heavy atom. The van der Waals surface area contributed by atoms with Crippen LogP contribution in [0.15, 0.2) is 18.2 Å². The van der Waals surface area contributed by atoms with Crippen LogP contribution in [-0.2, 0) is 9.53 Å². The number of methoxy groups -OCH3 is 1. The van der Waals surface area contributed by atoms with E-state index in [1.165, 1.54) is 7.11 Å². The number of hydrogen-bond acceptors (Lipinski definition) is 3. The number of esters is 1. The molecule has 20 heavy (non-hydrogen) atoms. The van der Waals surface area contributed by atoms with Crippen LogP contribution in [0.5, 0.6) is 0 Å². The van der Waals surface area contributed by atoms with Gasteiger partial charge in [0.25, 0.3) is 0 Å². The average Bonchev–Trinajstić information content (AvgIpc) is 2.44. The van der Waals surface area contributed by atoms with E-state index in [0.29, 0.717) is 10.0 Å². The molecular formula is C14H18Cl3NO2. The molecule has 0 saturated carbocycles. The molecule has 1 heterocycles. The van der Waals surface area contributed by atoms with E-state index in [2.05, 4.69) is 5.32 Å². The van der Waals surface area contributed by atoms with E-state index >= 15 is 0 Å². The zero-order valence-corrected chi connectivity index (χ0v) is 13.5. The lowest BCUT2D eigenvalue weighted by molar-refractivity contribution is -0.143. The Morgan fingerprint density at radius 3 is 2.65 bits per heavy atom. The van der Waals surface area contributed by atoms with Crippen LogP contribution in [0.1, 0.15) is 30.7 Å². The van der Waals surface area contributed by atoms with E-state index in [0.717, 1.165) is 31.4 Å². The van der Waals surface area contributed by atoms with Crippen LogP contribution in [-0.4, -0.2) is 25.7 Å². The predicted molar refractivity (Wildman–Crippen MR) is 84.1 cm³/mol.